The third-order valence-corrected chi connectivity index (χ3v) is 8.50. The molecule has 1 aromatic heterocycles. The summed E-state index contributed by atoms with van der Waals surface area (Å²) in [5.74, 6) is 0.176. The van der Waals surface area contributed by atoms with E-state index in [9.17, 15) is 13.2 Å². The van der Waals surface area contributed by atoms with Crippen molar-refractivity contribution in [3.8, 4) is 11.5 Å². The van der Waals surface area contributed by atoms with E-state index in [1.54, 1.807) is 11.4 Å². The van der Waals surface area contributed by atoms with Crippen LogP contribution in [0.2, 0.25) is 5.02 Å². The number of nitrogens with zero attached hydrogens (tertiary/aromatic N) is 1. The molecule has 3 aromatic rings. The molecular formula is C22H21ClN2O5S2. The number of ether oxygens (including phenoxy) is 2. The van der Waals surface area contributed by atoms with Crippen molar-refractivity contribution in [3.05, 3.63) is 68.9 Å². The highest BCUT2D eigenvalue weighted by molar-refractivity contribution is 7.89. The summed E-state index contributed by atoms with van der Waals surface area (Å²) in [6.07, 6.45) is 0.628. The highest BCUT2D eigenvalue weighted by Crippen LogP contribution is 2.37. The number of methoxy groups -OCH3 is 2. The lowest BCUT2D eigenvalue weighted by molar-refractivity contribution is 0.102. The van der Waals surface area contributed by atoms with Crippen molar-refractivity contribution < 1.29 is 22.7 Å². The number of amides is 1. The highest BCUT2D eigenvalue weighted by Gasteiger charge is 2.32. The van der Waals surface area contributed by atoms with Crippen molar-refractivity contribution in [2.45, 2.75) is 17.9 Å². The maximum absolute atomic E-state index is 13.4. The average molecular weight is 493 g/mol. The summed E-state index contributed by atoms with van der Waals surface area (Å²) in [7, 11) is -0.933. The first-order valence-corrected chi connectivity index (χ1v) is 12.4. The SMILES string of the molecule is COc1cc(OC)c(NC(=O)c2sccc2S(=O)(=O)N2CCc3ccccc3C2)cc1Cl. The predicted octanol–water partition coefficient (Wildman–Crippen LogP) is 4.42. The minimum absolute atomic E-state index is 0.0158. The first-order valence-electron chi connectivity index (χ1n) is 9.72. The Kier molecular flexibility index (Phi) is 6.43. The normalized spacial score (nSPS) is 14.0. The molecule has 0 atom stereocenters. The lowest BCUT2D eigenvalue weighted by atomic mass is 10.0. The van der Waals surface area contributed by atoms with Crippen molar-refractivity contribution >= 4 is 44.6 Å². The van der Waals surface area contributed by atoms with E-state index in [1.165, 1.54) is 30.7 Å². The fourth-order valence-electron chi connectivity index (χ4n) is 3.62. The second-order valence-electron chi connectivity index (χ2n) is 7.11. The predicted molar refractivity (Wildman–Crippen MR) is 125 cm³/mol. The Labute approximate surface area is 195 Å². The van der Waals surface area contributed by atoms with E-state index in [0.717, 1.165) is 22.5 Å². The maximum atomic E-state index is 13.4. The molecule has 0 saturated carbocycles. The molecule has 1 N–H and O–H groups in total. The van der Waals surface area contributed by atoms with Gasteiger partial charge >= 0.3 is 0 Å². The molecule has 0 aliphatic carbocycles. The van der Waals surface area contributed by atoms with Crippen LogP contribution in [0.3, 0.4) is 0 Å². The molecule has 0 spiro atoms. The van der Waals surface area contributed by atoms with Gasteiger partial charge in [0, 0.05) is 19.2 Å². The molecule has 2 aromatic carbocycles. The van der Waals surface area contributed by atoms with E-state index in [0.29, 0.717) is 30.2 Å². The van der Waals surface area contributed by atoms with Crippen LogP contribution in [0.15, 0.2) is 52.7 Å². The number of nitrogens with one attached hydrogen (secondary N) is 1. The number of fused-ring (bicyclic) bond motifs is 1. The van der Waals surface area contributed by atoms with Crippen molar-refractivity contribution in [3.63, 3.8) is 0 Å². The first-order chi connectivity index (χ1) is 15.3. The number of sulfonamides is 1. The van der Waals surface area contributed by atoms with E-state index in [-0.39, 0.29) is 21.3 Å². The van der Waals surface area contributed by atoms with Crippen LogP contribution in [-0.2, 0) is 23.0 Å². The molecule has 32 heavy (non-hydrogen) atoms. The van der Waals surface area contributed by atoms with E-state index < -0.39 is 15.9 Å². The number of rotatable bonds is 6. The molecule has 1 aliphatic heterocycles. The summed E-state index contributed by atoms with van der Waals surface area (Å²) in [5.41, 5.74) is 2.43. The molecule has 0 bridgehead atoms. The molecule has 1 aliphatic rings. The first kappa shape index (κ1) is 22.6. The smallest absolute Gasteiger partial charge is 0.267 e. The Hall–Kier alpha value is -2.59. The molecule has 0 unspecified atom stereocenters. The largest absolute Gasteiger partial charge is 0.495 e. The zero-order valence-corrected chi connectivity index (χ0v) is 19.8. The van der Waals surface area contributed by atoms with Gasteiger partial charge in [-0.1, -0.05) is 35.9 Å². The van der Waals surface area contributed by atoms with E-state index in [2.05, 4.69) is 5.32 Å². The van der Waals surface area contributed by atoms with Crippen LogP contribution in [-0.4, -0.2) is 39.4 Å². The Morgan fingerprint density at radius 3 is 2.53 bits per heavy atom. The molecular weight excluding hydrogens is 472 g/mol. The average Bonchev–Trinajstić information content (AvgIpc) is 3.30. The van der Waals surface area contributed by atoms with Crippen molar-refractivity contribution in [2.75, 3.05) is 26.1 Å². The van der Waals surface area contributed by atoms with E-state index in [4.69, 9.17) is 21.1 Å². The quantitative estimate of drug-likeness (QED) is 0.550. The van der Waals surface area contributed by atoms with Crippen molar-refractivity contribution in [1.29, 1.82) is 0 Å². The lowest BCUT2D eigenvalue weighted by Gasteiger charge is -2.28. The van der Waals surface area contributed by atoms with Gasteiger partial charge in [-0.2, -0.15) is 4.31 Å². The van der Waals surface area contributed by atoms with Gasteiger partial charge in [0.15, 0.2) is 0 Å². The summed E-state index contributed by atoms with van der Waals surface area (Å²) in [6, 6.07) is 12.3. The van der Waals surface area contributed by atoms with Crippen LogP contribution in [0.4, 0.5) is 5.69 Å². The molecule has 10 heteroatoms. The van der Waals surface area contributed by atoms with Crippen LogP contribution >= 0.6 is 22.9 Å². The fourth-order valence-corrected chi connectivity index (χ4v) is 6.57. The topological polar surface area (TPSA) is 84.9 Å². The van der Waals surface area contributed by atoms with Gasteiger partial charge in [-0.05, 0) is 35.1 Å². The third kappa shape index (κ3) is 4.21. The third-order valence-electron chi connectivity index (χ3n) is 5.27. The number of halogens is 1. The van der Waals surface area contributed by atoms with Crippen molar-refractivity contribution in [2.24, 2.45) is 0 Å². The molecule has 0 saturated heterocycles. The molecule has 168 valence electrons. The zero-order valence-electron chi connectivity index (χ0n) is 17.4. The molecule has 0 fully saturated rings. The molecule has 4 rings (SSSR count). The van der Waals surface area contributed by atoms with Crippen LogP contribution in [0.25, 0.3) is 0 Å². The number of benzene rings is 2. The van der Waals surface area contributed by atoms with Gasteiger partial charge in [-0.3, -0.25) is 4.79 Å². The lowest BCUT2D eigenvalue weighted by Crippen LogP contribution is -2.36. The van der Waals surface area contributed by atoms with Crippen LogP contribution in [0, 0.1) is 0 Å². The highest BCUT2D eigenvalue weighted by atomic mass is 35.5. The Morgan fingerprint density at radius 2 is 1.81 bits per heavy atom. The number of anilines is 1. The van der Waals surface area contributed by atoms with Gasteiger partial charge in [0.1, 0.15) is 21.3 Å². The van der Waals surface area contributed by atoms with Crippen molar-refractivity contribution in [1.82, 2.24) is 4.31 Å². The second kappa shape index (κ2) is 9.11. The Bertz CT molecular complexity index is 1270. The molecule has 7 nitrogen and oxygen atoms in total. The monoisotopic (exact) mass is 492 g/mol. The summed E-state index contributed by atoms with van der Waals surface area (Å²) < 4.78 is 38.7. The number of hydrogen-bond acceptors (Lipinski definition) is 6. The standard InChI is InChI=1S/C22H21ClN2O5S2/c1-29-18-12-19(30-2)17(11-16(18)23)24-22(26)21-20(8-10-31-21)32(27,28)25-9-7-14-5-3-4-6-15(14)13-25/h3-6,8,10-12H,7,9,13H2,1-2H3,(H,24,26). The minimum Gasteiger partial charge on any atom is -0.495 e. The van der Waals surface area contributed by atoms with Gasteiger partial charge in [0.05, 0.1) is 24.9 Å². The van der Waals surface area contributed by atoms with Gasteiger partial charge in [0.25, 0.3) is 5.91 Å². The van der Waals surface area contributed by atoms with E-state index >= 15 is 0 Å². The molecule has 2 heterocycles. The number of hydrogen-bond donors (Lipinski definition) is 1. The summed E-state index contributed by atoms with van der Waals surface area (Å²) in [5, 5.41) is 4.59. The van der Waals surface area contributed by atoms with Crippen LogP contribution < -0.4 is 14.8 Å². The van der Waals surface area contributed by atoms with Gasteiger partial charge in [-0.15, -0.1) is 11.3 Å². The van der Waals surface area contributed by atoms with Crippen LogP contribution in [0.1, 0.15) is 20.8 Å². The summed E-state index contributed by atoms with van der Waals surface area (Å²) >= 11 is 7.24. The Balaban J connectivity index is 1.61. The van der Waals surface area contributed by atoms with E-state index in [1.807, 2.05) is 24.3 Å². The minimum atomic E-state index is -3.86. The zero-order chi connectivity index (χ0) is 22.9. The Morgan fingerprint density at radius 1 is 1.09 bits per heavy atom. The van der Waals surface area contributed by atoms with Gasteiger partial charge in [0.2, 0.25) is 10.0 Å². The van der Waals surface area contributed by atoms with Gasteiger partial charge in [-0.25, -0.2) is 8.42 Å². The fraction of sp³-hybridized carbons (Fsp3) is 0.227. The number of carbonyl (C=O) groups excluding carboxylic acids is 1. The van der Waals surface area contributed by atoms with Crippen LogP contribution in [0.5, 0.6) is 11.5 Å². The maximum Gasteiger partial charge on any atom is 0.267 e. The van der Waals surface area contributed by atoms with Gasteiger partial charge < -0.3 is 14.8 Å². The second-order valence-corrected chi connectivity index (χ2v) is 10.3. The molecule has 0 radical (unpaired) electrons. The summed E-state index contributed by atoms with van der Waals surface area (Å²) in [6.45, 7) is 0.634. The molecule has 1 amide bonds. The summed E-state index contributed by atoms with van der Waals surface area (Å²) in [4.78, 5) is 13.1. The number of carbonyl (C=O) groups is 1. The number of thiophene rings is 1.